The Balaban J connectivity index is 1.88. The van der Waals surface area contributed by atoms with Crippen molar-refractivity contribution in [3.05, 3.63) is 70.8 Å². The number of benzene rings is 1. The second-order valence-electron chi connectivity index (χ2n) is 7.86. The zero-order valence-electron chi connectivity index (χ0n) is 21.8. The van der Waals surface area contributed by atoms with Gasteiger partial charge in [0.2, 0.25) is 5.91 Å². The Hall–Kier alpha value is -4.00. The molecule has 0 saturated heterocycles. The minimum absolute atomic E-state index is 0.0135. The molecule has 206 valence electrons. The fourth-order valence-electron chi connectivity index (χ4n) is 3.24. The van der Waals surface area contributed by atoms with E-state index in [2.05, 4.69) is 22.2 Å². The van der Waals surface area contributed by atoms with Gasteiger partial charge in [-0.1, -0.05) is 31.2 Å². The molecule has 12 heteroatoms. The van der Waals surface area contributed by atoms with Gasteiger partial charge >= 0.3 is 5.69 Å². The van der Waals surface area contributed by atoms with E-state index in [0.717, 1.165) is 0 Å². The topological polar surface area (TPSA) is 156 Å². The highest BCUT2D eigenvalue weighted by Gasteiger charge is 2.14. The van der Waals surface area contributed by atoms with Gasteiger partial charge in [0, 0.05) is 38.0 Å². The van der Waals surface area contributed by atoms with Gasteiger partial charge in [-0.2, -0.15) is 4.98 Å². The average Bonchev–Trinajstić information content (AvgIpc) is 2.92. The van der Waals surface area contributed by atoms with E-state index in [1.165, 1.54) is 11.7 Å². The van der Waals surface area contributed by atoms with E-state index in [4.69, 9.17) is 24.7 Å². The van der Waals surface area contributed by atoms with Gasteiger partial charge in [0.15, 0.2) is 6.29 Å². The average molecular weight is 530 g/mol. The van der Waals surface area contributed by atoms with Crippen LogP contribution < -0.4 is 26.8 Å². The van der Waals surface area contributed by atoms with E-state index in [9.17, 15) is 14.4 Å². The van der Waals surface area contributed by atoms with E-state index in [0.29, 0.717) is 23.3 Å². The van der Waals surface area contributed by atoms with Crippen LogP contribution in [-0.2, 0) is 19.0 Å². The van der Waals surface area contributed by atoms with E-state index in [1.54, 1.807) is 55.7 Å². The molecule has 1 heterocycles. The lowest BCUT2D eigenvalue weighted by Crippen LogP contribution is -2.33. The minimum atomic E-state index is -0.850. The first-order valence-corrected chi connectivity index (χ1v) is 12.0. The highest BCUT2D eigenvalue weighted by atomic mass is 16.7. The summed E-state index contributed by atoms with van der Waals surface area (Å²) in [7, 11) is 3.05. The monoisotopic (exact) mass is 529 g/mol. The predicted molar refractivity (Wildman–Crippen MR) is 143 cm³/mol. The molecule has 1 aromatic heterocycles. The van der Waals surface area contributed by atoms with Crippen LogP contribution >= 0.6 is 0 Å². The number of nitrogens with zero attached hydrogens (tertiary/aromatic N) is 2. The molecule has 2 unspecified atom stereocenters. The van der Waals surface area contributed by atoms with Crippen molar-refractivity contribution < 1.29 is 28.5 Å². The zero-order chi connectivity index (χ0) is 27.9. The second-order valence-corrected chi connectivity index (χ2v) is 7.86. The highest BCUT2D eigenvalue weighted by Crippen LogP contribution is 2.15. The first-order valence-electron chi connectivity index (χ1n) is 12.0. The normalized spacial score (nSPS) is 12.6. The molecule has 2 amide bonds. The van der Waals surface area contributed by atoms with Crippen LogP contribution in [0.5, 0.6) is 5.75 Å². The summed E-state index contributed by atoms with van der Waals surface area (Å²) in [6.45, 7) is 5.57. The second kappa shape index (κ2) is 16.0. The standard InChI is InChI=1S/C26H35N5O7/c1-5-13-36-23(17-37-20-11-7-9-18(14-20)25(33)28-3)38-16-21(32)29-12-8-10-19-15-31(22(6-2)35-4)26(34)30-24(19)27/h5,7-11,14-15,22-23H,1,6,12-13,16-17H2,2-4H3,(H,28,33)(H,29,32)(H2,27,30,34)/b10-8+. The summed E-state index contributed by atoms with van der Waals surface area (Å²) in [5.41, 5.74) is 6.32. The molecule has 2 rings (SSSR count). The number of aromatic nitrogens is 2. The summed E-state index contributed by atoms with van der Waals surface area (Å²) in [4.78, 5) is 40.0. The lowest BCUT2D eigenvalue weighted by Gasteiger charge is -2.18. The number of ether oxygens (including phenoxy) is 4. The highest BCUT2D eigenvalue weighted by molar-refractivity contribution is 5.94. The number of nitrogen functional groups attached to an aromatic ring is 1. The Morgan fingerprint density at radius 2 is 2.08 bits per heavy atom. The number of anilines is 1. The largest absolute Gasteiger partial charge is 0.488 e. The van der Waals surface area contributed by atoms with Crippen LogP contribution in [0.1, 0.15) is 35.5 Å². The van der Waals surface area contributed by atoms with Gasteiger partial charge in [-0.3, -0.25) is 14.2 Å². The number of carbonyl (C=O) groups excluding carboxylic acids is 2. The van der Waals surface area contributed by atoms with E-state index in [-0.39, 0.29) is 44.0 Å². The molecule has 0 radical (unpaired) electrons. The van der Waals surface area contributed by atoms with Gasteiger partial charge in [-0.05, 0) is 24.6 Å². The van der Waals surface area contributed by atoms with Crippen molar-refractivity contribution in [3.8, 4) is 5.75 Å². The van der Waals surface area contributed by atoms with Crippen LogP contribution in [0.2, 0.25) is 0 Å². The van der Waals surface area contributed by atoms with Gasteiger partial charge in [0.25, 0.3) is 5.91 Å². The molecule has 12 nitrogen and oxygen atoms in total. The summed E-state index contributed by atoms with van der Waals surface area (Å²) in [6.07, 6.45) is 5.70. The number of hydrogen-bond acceptors (Lipinski definition) is 9. The molecule has 0 aliphatic heterocycles. The summed E-state index contributed by atoms with van der Waals surface area (Å²) in [5, 5.41) is 5.24. The van der Waals surface area contributed by atoms with Crippen molar-refractivity contribution in [2.75, 3.05) is 46.3 Å². The third-order valence-electron chi connectivity index (χ3n) is 5.17. The minimum Gasteiger partial charge on any atom is -0.488 e. The predicted octanol–water partition coefficient (Wildman–Crippen LogP) is 1.49. The first kappa shape index (κ1) is 30.2. The van der Waals surface area contributed by atoms with Crippen molar-refractivity contribution in [1.29, 1.82) is 0 Å². The Bertz CT molecular complexity index is 1160. The third kappa shape index (κ3) is 9.47. The van der Waals surface area contributed by atoms with E-state index >= 15 is 0 Å². The van der Waals surface area contributed by atoms with Crippen LogP contribution in [0, 0.1) is 0 Å². The zero-order valence-corrected chi connectivity index (χ0v) is 21.8. The van der Waals surface area contributed by atoms with Crippen molar-refractivity contribution in [3.63, 3.8) is 0 Å². The number of methoxy groups -OCH3 is 1. The molecule has 0 fully saturated rings. The van der Waals surface area contributed by atoms with Gasteiger partial charge in [0.05, 0.1) is 6.61 Å². The van der Waals surface area contributed by atoms with Gasteiger partial charge in [0.1, 0.15) is 31.0 Å². The molecule has 0 aliphatic carbocycles. The summed E-state index contributed by atoms with van der Waals surface area (Å²) < 4.78 is 23.4. The number of nitrogens with two attached hydrogens (primary N) is 1. The molecule has 4 N–H and O–H groups in total. The van der Waals surface area contributed by atoms with E-state index in [1.807, 2.05) is 6.92 Å². The lowest BCUT2D eigenvalue weighted by molar-refractivity contribution is -0.162. The van der Waals surface area contributed by atoms with Crippen molar-refractivity contribution >= 4 is 23.7 Å². The Morgan fingerprint density at radius 1 is 1.29 bits per heavy atom. The van der Waals surface area contributed by atoms with Crippen LogP contribution in [-0.4, -0.2) is 68.2 Å². The van der Waals surface area contributed by atoms with Crippen LogP contribution in [0.15, 0.2) is 54.0 Å². The van der Waals surface area contributed by atoms with Crippen molar-refractivity contribution in [2.45, 2.75) is 25.9 Å². The van der Waals surface area contributed by atoms with Gasteiger partial charge in [-0.25, -0.2) is 4.79 Å². The van der Waals surface area contributed by atoms with Crippen molar-refractivity contribution in [1.82, 2.24) is 20.2 Å². The Morgan fingerprint density at radius 3 is 2.76 bits per heavy atom. The lowest BCUT2D eigenvalue weighted by atomic mass is 10.2. The molecule has 0 bridgehead atoms. The van der Waals surface area contributed by atoms with Crippen LogP contribution in [0.3, 0.4) is 0 Å². The number of rotatable bonds is 16. The SMILES string of the molecule is C=CCOC(COc1cccc(C(=O)NC)c1)OCC(=O)NC/C=C/c1cn(C(CC)OC)c(=O)nc1N. The van der Waals surface area contributed by atoms with Crippen LogP contribution in [0.25, 0.3) is 6.08 Å². The molecule has 2 aromatic rings. The quantitative estimate of drug-likeness (QED) is 0.217. The van der Waals surface area contributed by atoms with E-state index < -0.39 is 18.2 Å². The molecular weight excluding hydrogens is 494 g/mol. The number of carbonyl (C=O) groups is 2. The van der Waals surface area contributed by atoms with Crippen LogP contribution in [0.4, 0.5) is 5.82 Å². The molecule has 0 saturated carbocycles. The fourth-order valence-corrected chi connectivity index (χ4v) is 3.24. The maximum atomic E-state index is 12.3. The Labute approximate surface area is 221 Å². The Kier molecular flexibility index (Phi) is 12.7. The van der Waals surface area contributed by atoms with Crippen molar-refractivity contribution in [2.24, 2.45) is 0 Å². The van der Waals surface area contributed by atoms with Gasteiger partial charge in [-0.15, -0.1) is 6.58 Å². The third-order valence-corrected chi connectivity index (χ3v) is 5.17. The molecule has 1 aromatic carbocycles. The molecule has 0 aliphatic rings. The number of hydrogen-bond donors (Lipinski definition) is 3. The smallest absolute Gasteiger partial charge is 0.351 e. The molecule has 0 spiro atoms. The number of amides is 2. The summed E-state index contributed by atoms with van der Waals surface area (Å²) in [5.74, 6) is -0.0962. The maximum absolute atomic E-state index is 12.3. The molecular formula is C26H35N5O7. The molecule has 38 heavy (non-hydrogen) atoms. The first-order chi connectivity index (χ1) is 18.3. The molecule has 2 atom stereocenters. The maximum Gasteiger partial charge on any atom is 0.351 e. The number of nitrogens with one attached hydrogen (secondary N) is 2. The van der Waals surface area contributed by atoms with Gasteiger partial charge < -0.3 is 35.3 Å². The summed E-state index contributed by atoms with van der Waals surface area (Å²) in [6, 6.07) is 6.64. The fraction of sp³-hybridized carbons (Fsp3) is 0.385. The summed E-state index contributed by atoms with van der Waals surface area (Å²) >= 11 is 0.